The van der Waals surface area contributed by atoms with Crippen molar-refractivity contribution in [3.63, 3.8) is 0 Å². The highest BCUT2D eigenvalue weighted by Crippen LogP contribution is 2.35. The number of aromatic amines is 1. The van der Waals surface area contributed by atoms with Crippen molar-refractivity contribution in [2.24, 2.45) is 0 Å². The molecule has 1 aromatic heterocycles. The summed E-state index contributed by atoms with van der Waals surface area (Å²) < 4.78 is 39.0. The molecule has 1 atom stereocenters. The lowest BCUT2D eigenvalue weighted by molar-refractivity contribution is -0.138. The molecule has 0 saturated heterocycles. The van der Waals surface area contributed by atoms with Crippen LogP contribution in [0.15, 0.2) is 30.6 Å². The molecule has 0 aliphatic carbocycles. The molecule has 0 saturated carbocycles. The van der Waals surface area contributed by atoms with Crippen LogP contribution in [0.25, 0.3) is 0 Å². The second-order valence-electron chi connectivity index (χ2n) is 3.95. The summed E-state index contributed by atoms with van der Waals surface area (Å²) in [5, 5.41) is 9.27. The van der Waals surface area contributed by atoms with Gasteiger partial charge in [0.05, 0.1) is 11.6 Å². The number of hydrogen-bond donors (Lipinski definition) is 2. The number of nitrogens with zero attached hydrogens (tertiary/aromatic N) is 2. The fourth-order valence-corrected chi connectivity index (χ4v) is 1.92. The highest BCUT2D eigenvalue weighted by molar-refractivity contribution is 5.35. The Hall–Kier alpha value is -1.89. The monoisotopic (exact) mass is 270 g/mol. The van der Waals surface area contributed by atoms with E-state index in [4.69, 9.17) is 0 Å². The maximum absolute atomic E-state index is 13.0. The second kappa shape index (κ2) is 5.40. The van der Waals surface area contributed by atoms with Crippen molar-refractivity contribution >= 4 is 0 Å². The van der Waals surface area contributed by atoms with Crippen molar-refractivity contribution in [1.82, 2.24) is 20.5 Å². The van der Waals surface area contributed by atoms with E-state index >= 15 is 0 Å². The van der Waals surface area contributed by atoms with Crippen LogP contribution in [0, 0.1) is 0 Å². The van der Waals surface area contributed by atoms with E-state index < -0.39 is 17.8 Å². The number of benzene rings is 1. The standard InChI is InChI=1S/C12H13F3N4/c1-2-16-10(11-17-7-18-19-11)8-5-3-4-6-9(8)12(13,14)15/h3-7,10,16H,2H2,1H3,(H,17,18,19). The minimum absolute atomic E-state index is 0.133. The topological polar surface area (TPSA) is 53.6 Å². The van der Waals surface area contributed by atoms with Gasteiger partial charge in [0.1, 0.15) is 12.2 Å². The molecule has 1 unspecified atom stereocenters. The predicted molar refractivity (Wildman–Crippen MR) is 63.3 cm³/mol. The van der Waals surface area contributed by atoms with E-state index in [1.165, 1.54) is 18.5 Å². The molecule has 2 rings (SSSR count). The summed E-state index contributed by atoms with van der Waals surface area (Å²) in [4.78, 5) is 3.94. The summed E-state index contributed by atoms with van der Waals surface area (Å²) in [6.07, 6.45) is -3.12. The Balaban J connectivity index is 2.48. The molecule has 1 aromatic carbocycles. The summed E-state index contributed by atoms with van der Waals surface area (Å²) >= 11 is 0. The Morgan fingerprint density at radius 2 is 2.05 bits per heavy atom. The lowest BCUT2D eigenvalue weighted by Gasteiger charge is -2.20. The van der Waals surface area contributed by atoms with Gasteiger partial charge in [0.25, 0.3) is 0 Å². The Morgan fingerprint density at radius 1 is 1.32 bits per heavy atom. The van der Waals surface area contributed by atoms with E-state index in [1.807, 2.05) is 6.92 Å². The lowest BCUT2D eigenvalue weighted by atomic mass is 9.99. The van der Waals surface area contributed by atoms with Crippen molar-refractivity contribution in [3.8, 4) is 0 Å². The van der Waals surface area contributed by atoms with Crippen LogP contribution in [0.5, 0.6) is 0 Å². The molecule has 19 heavy (non-hydrogen) atoms. The van der Waals surface area contributed by atoms with E-state index in [-0.39, 0.29) is 5.56 Å². The molecule has 2 aromatic rings. The zero-order valence-electron chi connectivity index (χ0n) is 10.2. The fraction of sp³-hybridized carbons (Fsp3) is 0.333. The average molecular weight is 270 g/mol. The van der Waals surface area contributed by atoms with Gasteiger partial charge in [-0.1, -0.05) is 25.1 Å². The average Bonchev–Trinajstić information content (AvgIpc) is 2.88. The highest BCUT2D eigenvalue weighted by atomic mass is 19.4. The third kappa shape index (κ3) is 2.93. The van der Waals surface area contributed by atoms with Crippen molar-refractivity contribution in [1.29, 1.82) is 0 Å². The Labute approximate surface area is 108 Å². The molecule has 0 aliphatic heterocycles. The van der Waals surface area contributed by atoms with Crippen LogP contribution >= 0.6 is 0 Å². The van der Waals surface area contributed by atoms with Gasteiger partial charge in [0.2, 0.25) is 0 Å². The number of halogens is 3. The zero-order chi connectivity index (χ0) is 13.9. The summed E-state index contributed by atoms with van der Waals surface area (Å²) in [7, 11) is 0. The molecular formula is C12H13F3N4. The maximum atomic E-state index is 13.0. The molecule has 0 radical (unpaired) electrons. The van der Waals surface area contributed by atoms with Crippen LogP contribution < -0.4 is 5.32 Å². The van der Waals surface area contributed by atoms with Crippen LogP contribution in [0.2, 0.25) is 0 Å². The van der Waals surface area contributed by atoms with Crippen LogP contribution in [-0.4, -0.2) is 21.7 Å². The van der Waals surface area contributed by atoms with Crippen LogP contribution in [0.3, 0.4) is 0 Å². The third-order valence-corrected chi connectivity index (χ3v) is 2.69. The quantitative estimate of drug-likeness (QED) is 0.897. The third-order valence-electron chi connectivity index (χ3n) is 2.69. The minimum Gasteiger partial charge on any atom is -0.304 e. The van der Waals surface area contributed by atoms with Crippen molar-refractivity contribution in [2.45, 2.75) is 19.1 Å². The molecule has 4 nitrogen and oxygen atoms in total. The highest BCUT2D eigenvalue weighted by Gasteiger charge is 2.35. The van der Waals surface area contributed by atoms with E-state index in [1.54, 1.807) is 6.07 Å². The predicted octanol–water partition coefficient (Wildman–Crippen LogP) is 2.52. The first-order valence-electron chi connectivity index (χ1n) is 5.78. The van der Waals surface area contributed by atoms with E-state index in [0.717, 1.165) is 6.07 Å². The Bertz CT molecular complexity index is 522. The summed E-state index contributed by atoms with van der Waals surface area (Å²) in [5.41, 5.74) is -0.536. The molecule has 0 bridgehead atoms. The van der Waals surface area contributed by atoms with Gasteiger partial charge in [-0.25, -0.2) is 4.98 Å². The van der Waals surface area contributed by atoms with Crippen molar-refractivity contribution in [2.75, 3.05) is 6.54 Å². The number of rotatable bonds is 4. The van der Waals surface area contributed by atoms with E-state index in [9.17, 15) is 13.2 Å². The van der Waals surface area contributed by atoms with E-state index in [0.29, 0.717) is 12.4 Å². The van der Waals surface area contributed by atoms with Crippen LogP contribution in [0.1, 0.15) is 29.9 Å². The Morgan fingerprint density at radius 3 is 2.63 bits per heavy atom. The zero-order valence-corrected chi connectivity index (χ0v) is 10.2. The van der Waals surface area contributed by atoms with Gasteiger partial charge in [-0.15, -0.1) is 0 Å². The molecule has 0 fully saturated rings. The van der Waals surface area contributed by atoms with Gasteiger partial charge >= 0.3 is 6.18 Å². The number of nitrogens with one attached hydrogen (secondary N) is 2. The molecule has 0 spiro atoms. The molecule has 102 valence electrons. The molecular weight excluding hydrogens is 257 g/mol. The van der Waals surface area contributed by atoms with Crippen molar-refractivity contribution < 1.29 is 13.2 Å². The molecule has 7 heteroatoms. The van der Waals surface area contributed by atoms with Gasteiger partial charge in [-0.2, -0.15) is 18.3 Å². The number of H-pyrrole nitrogens is 1. The SMILES string of the molecule is CCNC(c1ncn[nH]1)c1ccccc1C(F)(F)F. The van der Waals surface area contributed by atoms with Gasteiger partial charge in [0, 0.05) is 0 Å². The molecule has 1 heterocycles. The summed E-state index contributed by atoms with van der Waals surface area (Å²) in [6, 6.07) is 4.79. The van der Waals surface area contributed by atoms with Crippen molar-refractivity contribution in [3.05, 3.63) is 47.5 Å². The minimum atomic E-state index is -4.40. The Kier molecular flexibility index (Phi) is 3.84. The first-order valence-corrected chi connectivity index (χ1v) is 5.78. The molecule has 0 aliphatic rings. The van der Waals surface area contributed by atoms with E-state index in [2.05, 4.69) is 20.5 Å². The van der Waals surface area contributed by atoms with Gasteiger partial charge < -0.3 is 5.32 Å². The second-order valence-corrected chi connectivity index (χ2v) is 3.95. The van der Waals surface area contributed by atoms with Gasteiger partial charge in [-0.05, 0) is 18.2 Å². The lowest BCUT2D eigenvalue weighted by Crippen LogP contribution is -2.26. The smallest absolute Gasteiger partial charge is 0.304 e. The van der Waals surface area contributed by atoms with Crippen LogP contribution in [-0.2, 0) is 6.18 Å². The first kappa shape index (κ1) is 13.5. The molecule has 2 N–H and O–H groups in total. The summed E-state index contributed by atoms with van der Waals surface area (Å²) in [6.45, 7) is 2.33. The largest absolute Gasteiger partial charge is 0.416 e. The number of alkyl halides is 3. The summed E-state index contributed by atoms with van der Waals surface area (Å²) in [5.74, 6) is 0.360. The molecule has 0 amide bonds. The van der Waals surface area contributed by atoms with Crippen LogP contribution in [0.4, 0.5) is 13.2 Å². The van der Waals surface area contributed by atoms with Gasteiger partial charge in [-0.3, -0.25) is 5.10 Å². The fourth-order valence-electron chi connectivity index (χ4n) is 1.92. The van der Waals surface area contributed by atoms with Gasteiger partial charge in [0.15, 0.2) is 0 Å². The first-order chi connectivity index (χ1) is 9.04. The number of aromatic nitrogens is 3. The maximum Gasteiger partial charge on any atom is 0.416 e. The number of hydrogen-bond acceptors (Lipinski definition) is 3. The normalized spacial score (nSPS) is 13.5.